The second kappa shape index (κ2) is 4.93. The average molecular weight is 309 g/mol. The van der Waals surface area contributed by atoms with Crippen LogP contribution in [0.25, 0.3) is 21.3 Å². The molecule has 1 aromatic carbocycles. The lowest BCUT2D eigenvalue weighted by molar-refractivity contribution is 0.0534. The fraction of sp³-hybridized carbons (Fsp3) is 0.389. The van der Waals surface area contributed by atoms with Gasteiger partial charge in [0.25, 0.3) is 0 Å². The van der Waals surface area contributed by atoms with Crippen molar-refractivity contribution in [1.82, 2.24) is 14.7 Å². The van der Waals surface area contributed by atoms with E-state index >= 15 is 0 Å². The summed E-state index contributed by atoms with van der Waals surface area (Å²) >= 11 is 1.80. The third-order valence-electron chi connectivity index (χ3n) is 5.34. The summed E-state index contributed by atoms with van der Waals surface area (Å²) in [5.74, 6) is 0.804. The quantitative estimate of drug-likeness (QED) is 0.712. The van der Waals surface area contributed by atoms with Gasteiger partial charge in [0.05, 0.1) is 17.8 Å². The van der Waals surface area contributed by atoms with Crippen LogP contribution in [0.1, 0.15) is 18.9 Å². The molecule has 2 bridgehead atoms. The molecule has 0 saturated carbocycles. The number of hydrogen-bond acceptors (Lipinski definition) is 3. The summed E-state index contributed by atoms with van der Waals surface area (Å²) in [6.45, 7) is 3.73. The van der Waals surface area contributed by atoms with Crippen LogP contribution in [-0.4, -0.2) is 34.3 Å². The molecule has 0 spiro atoms. The molecule has 112 valence electrons. The van der Waals surface area contributed by atoms with Crippen LogP contribution in [0.5, 0.6) is 0 Å². The van der Waals surface area contributed by atoms with E-state index < -0.39 is 0 Å². The molecule has 0 radical (unpaired) electrons. The van der Waals surface area contributed by atoms with E-state index in [-0.39, 0.29) is 0 Å². The van der Waals surface area contributed by atoms with Crippen LogP contribution in [-0.2, 0) is 0 Å². The molecule has 5 heterocycles. The molecule has 3 nitrogen and oxygen atoms in total. The van der Waals surface area contributed by atoms with Crippen molar-refractivity contribution in [1.29, 1.82) is 0 Å². The molecule has 6 rings (SSSR count). The van der Waals surface area contributed by atoms with Crippen molar-refractivity contribution >= 4 is 22.2 Å². The number of benzene rings is 1. The second-order valence-corrected chi connectivity index (χ2v) is 7.49. The van der Waals surface area contributed by atoms with Gasteiger partial charge in [-0.2, -0.15) is 5.10 Å². The maximum atomic E-state index is 4.75. The van der Waals surface area contributed by atoms with Crippen LogP contribution >= 0.6 is 11.3 Å². The van der Waals surface area contributed by atoms with Crippen molar-refractivity contribution in [2.24, 2.45) is 5.92 Å². The van der Waals surface area contributed by atoms with Crippen LogP contribution in [0.2, 0.25) is 0 Å². The molecule has 0 N–H and O–H groups in total. The lowest BCUT2D eigenvalue weighted by atomic mass is 9.84. The van der Waals surface area contributed by atoms with E-state index in [9.17, 15) is 0 Å². The van der Waals surface area contributed by atoms with Crippen LogP contribution < -0.4 is 0 Å². The van der Waals surface area contributed by atoms with Gasteiger partial charge in [-0.1, -0.05) is 18.2 Å². The van der Waals surface area contributed by atoms with Crippen molar-refractivity contribution in [2.75, 3.05) is 19.6 Å². The largest absolute Gasteiger partial charge is 0.301 e. The molecular formula is C18H19N3S. The number of piperidine rings is 3. The van der Waals surface area contributed by atoms with Crippen LogP contribution in [0.3, 0.4) is 0 Å². The molecule has 3 aromatic rings. The van der Waals surface area contributed by atoms with Gasteiger partial charge in [-0.05, 0) is 54.9 Å². The maximum absolute atomic E-state index is 4.75. The van der Waals surface area contributed by atoms with Crippen LogP contribution in [0.15, 0.2) is 41.9 Å². The predicted molar refractivity (Wildman–Crippen MR) is 91.2 cm³/mol. The first kappa shape index (κ1) is 12.9. The van der Waals surface area contributed by atoms with E-state index in [0.717, 1.165) is 5.92 Å². The minimum absolute atomic E-state index is 0.554. The highest BCUT2D eigenvalue weighted by Crippen LogP contribution is 2.37. The standard InChI is InChI=1S/C18H19N3S/c1-2-18(22-9-1)14-3-4-15-11-19-21(16(15)10-14)17-12-20-7-5-13(17)6-8-20/h1-4,9-11,13,17H,5-8,12H2/t17-/m1/s1. The van der Waals surface area contributed by atoms with Gasteiger partial charge in [0.1, 0.15) is 0 Å². The summed E-state index contributed by atoms with van der Waals surface area (Å²) in [4.78, 5) is 3.94. The van der Waals surface area contributed by atoms with Gasteiger partial charge in [0, 0.05) is 16.8 Å². The first-order valence-corrected chi connectivity index (χ1v) is 9.00. The van der Waals surface area contributed by atoms with Gasteiger partial charge >= 0.3 is 0 Å². The normalized spacial score (nSPS) is 27.5. The average Bonchev–Trinajstić information content (AvgIpc) is 3.25. The lowest BCUT2D eigenvalue weighted by Crippen LogP contribution is -2.48. The van der Waals surface area contributed by atoms with Gasteiger partial charge in [-0.25, -0.2) is 0 Å². The van der Waals surface area contributed by atoms with Gasteiger partial charge in [0.15, 0.2) is 0 Å². The van der Waals surface area contributed by atoms with Gasteiger partial charge in [-0.3, -0.25) is 4.68 Å². The first-order valence-electron chi connectivity index (χ1n) is 8.12. The molecular weight excluding hydrogens is 290 g/mol. The maximum Gasteiger partial charge on any atom is 0.0692 e. The Balaban J connectivity index is 1.60. The highest BCUT2D eigenvalue weighted by atomic mass is 32.1. The number of thiophene rings is 1. The van der Waals surface area contributed by atoms with Crippen LogP contribution in [0, 0.1) is 5.92 Å². The van der Waals surface area contributed by atoms with Gasteiger partial charge < -0.3 is 4.90 Å². The fourth-order valence-electron chi connectivity index (χ4n) is 4.11. The third kappa shape index (κ3) is 1.94. The first-order chi connectivity index (χ1) is 10.9. The Morgan fingerprint density at radius 2 is 2.05 bits per heavy atom. The van der Waals surface area contributed by atoms with Crippen molar-refractivity contribution in [3.63, 3.8) is 0 Å². The molecule has 3 aliphatic rings. The zero-order chi connectivity index (χ0) is 14.5. The summed E-state index contributed by atoms with van der Waals surface area (Å²) < 4.78 is 2.31. The fourth-order valence-corrected chi connectivity index (χ4v) is 4.83. The molecule has 3 saturated heterocycles. The van der Waals surface area contributed by atoms with Crippen molar-refractivity contribution in [2.45, 2.75) is 18.9 Å². The topological polar surface area (TPSA) is 21.1 Å². The van der Waals surface area contributed by atoms with E-state index in [2.05, 4.69) is 45.3 Å². The summed E-state index contributed by atoms with van der Waals surface area (Å²) in [6.07, 6.45) is 4.69. The number of rotatable bonds is 2. The summed E-state index contributed by atoms with van der Waals surface area (Å²) in [5, 5.41) is 8.16. The number of aromatic nitrogens is 2. The zero-order valence-corrected chi connectivity index (χ0v) is 13.3. The lowest BCUT2D eigenvalue weighted by Gasteiger charge is -2.44. The van der Waals surface area contributed by atoms with Crippen molar-refractivity contribution in [3.8, 4) is 10.4 Å². The smallest absolute Gasteiger partial charge is 0.0692 e. The van der Waals surface area contributed by atoms with E-state index in [0.29, 0.717) is 6.04 Å². The van der Waals surface area contributed by atoms with Gasteiger partial charge in [-0.15, -0.1) is 11.3 Å². The monoisotopic (exact) mass is 309 g/mol. The molecule has 3 aliphatic heterocycles. The van der Waals surface area contributed by atoms with Crippen molar-refractivity contribution in [3.05, 3.63) is 41.9 Å². The summed E-state index contributed by atoms with van der Waals surface area (Å²) in [6, 6.07) is 11.6. The molecule has 0 amide bonds. The number of hydrogen-bond donors (Lipinski definition) is 0. The summed E-state index contributed by atoms with van der Waals surface area (Å²) in [7, 11) is 0. The van der Waals surface area contributed by atoms with E-state index in [1.807, 2.05) is 6.20 Å². The molecule has 1 atom stereocenters. The minimum atomic E-state index is 0.554. The Bertz CT molecular complexity index is 797. The highest BCUT2D eigenvalue weighted by molar-refractivity contribution is 7.13. The predicted octanol–water partition coefficient (Wildman–Crippen LogP) is 4.03. The van der Waals surface area contributed by atoms with E-state index in [1.165, 1.54) is 53.8 Å². The minimum Gasteiger partial charge on any atom is -0.301 e. The Morgan fingerprint density at radius 1 is 1.14 bits per heavy atom. The highest BCUT2D eigenvalue weighted by Gasteiger charge is 2.36. The Morgan fingerprint density at radius 3 is 2.77 bits per heavy atom. The SMILES string of the molecule is c1csc(-c2ccc3cnn([C@@H]4CN5CCC4CC5)c3c2)c1. The second-order valence-electron chi connectivity index (χ2n) is 6.55. The zero-order valence-electron chi connectivity index (χ0n) is 12.5. The van der Waals surface area contributed by atoms with E-state index in [1.54, 1.807) is 11.3 Å². The Hall–Kier alpha value is -1.65. The van der Waals surface area contributed by atoms with Crippen LogP contribution in [0.4, 0.5) is 0 Å². The molecule has 4 heteroatoms. The number of fused-ring (bicyclic) bond motifs is 4. The van der Waals surface area contributed by atoms with Crippen molar-refractivity contribution < 1.29 is 0 Å². The molecule has 3 fully saturated rings. The molecule has 2 aromatic heterocycles. The van der Waals surface area contributed by atoms with Gasteiger partial charge in [0.2, 0.25) is 0 Å². The molecule has 0 unspecified atom stereocenters. The van der Waals surface area contributed by atoms with E-state index in [4.69, 9.17) is 5.10 Å². The summed E-state index contributed by atoms with van der Waals surface area (Å²) in [5.41, 5.74) is 2.61. The molecule has 0 aliphatic carbocycles. The third-order valence-corrected chi connectivity index (χ3v) is 6.26. The Labute approximate surface area is 134 Å². The number of nitrogens with zero attached hydrogens (tertiary/aromatic N) is 3. The Kier molecular flexibility index (Phi) is 2.88. The molecule has 22 heavy (non-hydrogen) atoms.